The summed E-state index contributed by atoms with van der Waals surface area (Å²) in [7, 11) is 3.32. The van der Waals surface area contributed by atoms with Gasteiger partial charge in [-0.2, -0.15) is 0 Å². The third-order valence-corrected chi connectivity index (χ3v) is 2.78. The van der Waals surface area contributed by atoms with Gasteiger partial charge in [0.2, 0.25) is 0 Å². The van der Waals surface area contributed by atoms with Gasteiger partial charge in [0.05, 0.1) is 16.3 Å². The Kier molecular flexibility index (Phi) is 5.39. The first kappa shape index (κ1) is 15.1. The third-order valence-electron chi connectivity index (χ3n) is 2.16. The largest absolute Gasteiger partial charge is 0.366 e. The van der Waals surface area contributed by atoms with Crippen molar-refractivity contribution in [3.05, 3.63) is 28.3 Å². The van der Waals surface area contributed by atoms with E-state index in [2.05, 4.69) is 21.3 Å². The number of hydrogen-bond donors (Lipinski definition) is 4. The molecule has 0 heterocycles. The lowest BCUT2D eigenvalue weighted by atomic mass is 10.2. The fourth-order valence-corrected chi connectivity index (χ4v) is 1.45. The van der Waals surface area contributed by atoms with Crippen LogP contribution in [0.1, 0.15) is 0 Å². The molecule has 102 valence electrons. The van der Waals surface area contributed by atoms with Crippen molar-refractivity contribution in [1.82, 2.24) is 10.6 Å². The molecule has 0 aliphatic carbocycles. The Morgan fingerprint density at radius 3 is 2.11 bits per heavy atom. The van der Waals surface area contributed by atoms with Gasteiger partial charge in [0.25, 0.3) is 5.69 Å². The lowest BCUT2D eigenvalue weighted by Crippen LogP contribution is -2.27. The van der Waals surface area contributed by atoms with Crippen LogP contribution in [0.2, 0.25) is 0 Å². The first-order valence-electron chi connectivity index (χ1n) is 5.24. The van der Waals surface area contributed by atoms with Crippen molar-refractivity contribution in [3.8, 4) is 0 Å². The summed E-state index contributed by atoms with van der Waals surface area (Å²) in [6, 6.07) is 4.32. The average molecular weight is 299 g/mol. The van der Waals surface area contributed by atoms with E-state index in [1.807, 2.05) is 0 Å². The second kappa shape index (κ2) is 6.81. The number of nitro benzene ring substituents is 1. The highest BCUT2D eigenvalue weighted by Gasteiger charge is 2.12. The van der Waals surface area contributed by atoms with Crippen molar-refractivity contribution in [2.45, 2.75) is 0 Å². The van der Waals surface area contributed by atoms with Crippen LogP contribution in [-0.4, -0.2) is 29.2 Å². The van der Waals surface area contributed by atoms with Crippen molar-refractivity contribution in [2.24, 2.45) is 0 Å². The molecule has 0 aliphatic heterocycles. The van der Waals surface area contributed by atoms with Crippen LogP contribution in [0, 0.1) is 10.1 Å². The van der Waals surface area contributed by atoms with Gasteiger partial charge < -0.3 is 21.3 Å². The quantitative estimate of drug-likeness (QED) is 0.378. The highest BCUT2D eigenvalue weighted by molar-refractivity contribution is 7.80. The molecule has 1 rings (SSSR count). The minimum Gasteiger partial charge on any atom is -0.366 e. The van der Waals surface area contributed by atoms with E-state index in [0.717, 1.165) is 0 Å². The Balaban J connectivity index is 3.10. The lowest BCUT2D eigenvalue weighted by molar-refractivity contribution is -0.384. The average Bonchev–Trinajstić information content (AvgIpc) is 2.39. The van der Waals surface area contributed by atoms with Gasteiger partial charge in [-0.25, -0.2) is 0 Å². The van der Waals surface area contributed by atoms with Crippen LogP contribution in [0.15, 0.2) is 18.2 Å². The van der Waals surface area contributed by atoms with Crippen LogP contribution >= 0.6 is 24.4 Å². The second-order valence-electron chi connectivity index (χ2n) is 3.40. The first-order valence-corrected chi connectivity index (χ1v) is 6.05. The Morgan fingerprint density at radius 2 is 1.63 bits per heavy atom. The Morgan fingerprint density at radius 1 is 1.11 bits per heavy atom. The van der Waals surface area contributed by atoms with Crippen molar-refractivity contribution in [1.29, 1.82) is 0 Å². The van der Waals surface area contributed by atoms with Gasteiger partial charge in [-0.05, 0) is 30.5 Å². The van der Waals surface area contributed by atoms with E-state index in [-0.39, 0.29) is 5.69 Å². The first-order chi connectivity index (χ1) is 8.97. The summed E-state index contributed by atoms with van der Waals surface area (Å²) in [4.78, 5) is 10.3. The maximum atomic E-state index is 10.8. The standard InChI is InChI=1S/C10H13N5O2S2/c1-11-9(18)13-7-4-3-6(15(16)17)5-8(7)14-10(19)12-2/h3-5H,1-2H3,(H2,11,13,18)(H2,12,14,19). The molecule has 4 N–H and O–H groups in total. The molecule has 0 aliphatic rings. The summed E-state index contributed by atoms with van der Waals surface area (Å²) in [6.45, 7) is 0. The van der Waals surface area contributed by atoms with Gasteiger partial charge in [0.15, 0.2) is 10.2 Å². The number of anilines is 2. The van der Waals surface area contributed by atoms with Gasteiger partial charge in [-0.15, -0.1) is 0 Å². The molecule has 0 spiro atoms. The summed E-state index contributed by atoms with van der Waals surface area (Å²) >= 11 is 9.97. The van der Waals surface area contributed by atoms with Crippen molar-refractivity contribution in [3.63, 3.8) is 0 Å². The number of thiocarbonyl (C=S) groups is 2. The Hall–Kier alpha value is -2.00. The zero-order valence-corrected chi connectivity index (χ0v) is 11.9. The Bertz CT molecular complexity index is 521. The number of nitrogens with zero attached hydrogens (tertiary/aromatic N) is 1. The minimum atomic E-state index is -0.478. The van der Waals surface area contributed by atoms with Gasteiger partial charge in [-0.3, -0.25) is 10.1 Å². The monoisotopic (exact) mass is 299 g/mol. The summed E-state index contributed by atoms with van der Waals surface area (Å²) in [5.74, 6) is 0. The molecular formula is C10H13N5O2S2. The zero-order valence-electron chi connectivity index (χ0n) is 10.3. The second-order valence-corrected chi connectivity index (χ2v) is 4.21. The molecule has 0 fully saturated rings. The van der Waals surface area contributed by atoms with Gasteiger partial charge >= 0.3 is 0 Å². The smallest absolute Gasteiger partial charge is 0.271 e. The predicted octanol–water partition coefficient (Wildman–Crippen LogP) is 1.43. The fraction of sp³-hybridized carbons (Fsp3) is 0.200. The lowest BCUT2D eigenvalue weighted by Gasteiger charge is -2.14. The van der Waals surface area contributed by atoms with E-state index in [1.54, 1.807) is 20.2 Å². The van der Waals surface area contributed by atoms with Gasteiger partial charge in [-0.1, -0.05) is 0 Å². The number of hydrogen-bond acceptors (Lipinski definition) is 4. The van der Waals surface area contributed by atoms with Crippen LogP contribution in [0.25, 0.3) is 0 Å². The maximum absolute atomic E-state index is 10.8. The number of benzene rings is 1. The van der Waals surface area contributed by atoms with E-state index in [1.165, 1.54) is 12.1 Å². The molecule has 0 aromatic heterocycles. The SMILES string of the molecule is CNC(=S)Nc1ccc([N+](=O)[O-])cc1NC(=S)NC. The fourth-order valence-electron chi connectivity index (χ4n) is 1.23. The molecule has 0 atom stereocenters. The summed E-state index contributed by atoms with van der Waals surface area (Å²) in [5.41, 5.74) is 1.01. The van der Waals surface area contributed by atoms with Crippen molar-refractivity contribution in [2.75, 3.05) is 24.7 Å². The molecular weight excluding hydrogens is 286 g/mol. The molecule has 0 amide bonds. The van der Waals surface area contributed by atoms with E-state index in [0.29, 0.717) is 21.6 Å². The van der Waals surface area contributed by atoms with E-state index in [4.69, 9.17) is 24.4 Å². The van der Waals surface area contributed by atoms with Crippen LogP contribution in [-0.2, 0) is 0 Å². The molecule has 1 aromatic rings. The summed E-state index contributed by atoms with van der Waals surface area (Å²) in [5, 5.41) is 22.8. The van der Waals surface area contributed by atoms with Crippen molar-refractivity contribution < 1.29 is 4.92 Å². The van der Waals surface area contributed by atoms with Crippen LogP contribution < -0.4 is 21.3 Å². The Labute approximate surface area is 120 Å². The molecule has 7 nitrogen and oxygen atoms in total. The molecule has 0 radical (unpaired) electrons. The number of nitro groups is 1. The van der Waals surface area contributed by atoms with Gasteiger partial charge in [0.1, 0.15) is 0 Å². The van der Waals surface area contributed by atoms with Crippen LogP contribution in [0.5, 0.6) is 0 Å². The molecule has 0 saturated carbocycles. The van der Waals surface area contributed by atoms with E-state index >= 15 is 0 Å². The van der Waals surface area contributed by atoms with Crippen molar-refractivity contribution >= 4 is 51.7 Å². The highest BCUT2D eigenvalue weighted by atomic mass is 32.1. The van der Waals surface area contributed by atoms with Crippen LogP contribution in [0.3, 0.4) is 0 Å². The highest BCUT2D eigenvalue weighted by Crippen LogP contribution is 2.27. The maximum Gasteiger partial charge on any atom is 0.271 e. The predicted molar refractivity (Wildman–Crippen MR) is 83.7 cm³/mol. The third kappa shape index (κ3) is 4.30. The van der Waals surface area contributed by atoms with E-state index in [9.17, 15) is 10.1 Å². The van der Waals surface area contributed by atoms with Crippen LogP contribution in [0.4, 0.5) is 17.1 Å². The molecule has 0 bridgehead atoms. The number of nitrogens with one attached hydrogen (secondary N) is 4. The van der Waals surface area contributed by atoms with E-state index < -0.39 is 4.92 Å². The molecule has 9 heteroatoms. The summed E-state index contributed by atoms with van der Waals surface area (Å²) < 4.78 is 0. The zero-order chi connectivity index (χ0) is 14.4. The van der Waals surface area contributed by atoms with Gasteiger partial charge in [0, 0.05) is 26.2 Å². The number of rotatable bonds is 3. The molecule has 0 unspecified atom stereocenters. The summed E-state index contributed by atoms with van der Waals surface area (Å²) in [6.07, 6.45) is 0. The molecule has 0 saturated heterocycles. The normalized spacial score (nSPS) is 9.37. The minimum absolute atomic E-state index is 0.0395. The number of non-ortho nitro benzene ring substituents is 1. The molecule has 19 heavy (non-hydrogen) atoms. The topological polar surface area (TPSA) is 91.3 Å². The molecule has 1 aromatic carbocycles.